The van der Waals surface area contributed by atoms with Crippen LogP contribution in [0.1, 0.15) is 37.9 Å². The summed E-state index contributed by atoms with van der Waals surface area (Å²) < 4.78 is 0. The van der Waals surface area contributed by atoms with Crippen LogP contribution in [0.2, 0.25) is 0 Å². The predicted octanol–water partition coefficient (Wildman–Crippen LogP) is 4.13. The summed E-state index contributed by atoms with van der Waals surface area (Å²) in [4.78, 5) is 0. The first-order valence-electron chi connectivity index (χ1n) is 7.03. The molecule has 1 atom stereocenters. The van der Waals surface area contributed by atoms with Gasteiger partial charge < -0.3 is 10.4 Å². The van der Waals surface area contributed by atoms with Gasteiger partial charge in [0.15, 0.2) is 0 Å². The number of hydrogen-bond acceptors (Lipinski definition) is 2. The Morgan fingerprint density at radius 1 is 0.950 bits per heavy atom. The maximum Gasteiger partial charge on any atom is 0.0745 e. The van der Waals surface area contributed by atoms with E-state index < -0.39 is 0 Å². The van der Waals surface area contributed by atoms with Gasteiger partial charge in [-0.15, -0.1) is 0 Å². The van der Waals surface area contributed by atoms with E-state index in [-0.39, 0.29) is 18.1 Å². The predicted molar refractivity (Wildman–Crippen MR) is 85.0 cm³/mol. The fourth-order valence-corrected chi connectivity index (χ4v) is 2.19. The van der Waals surface area contributed by atoms with E-state index in [9.17, 15) is 5.11 Å². The summed E-state index contributed by atoms with van der Waals surface area (Å²) >= 11 is 0. The van der Waals surface area contributed by atoms with Gasteiger partial charge in [0.05, 0.1) is 12.6 Å². The number of para-hydroxylation sites is 1. The number of hydrogen-bond donors (Lipinski definition) is 2. The molecule has 0 aliphatic heterocycles. The van der Waals surface area contributed by atoms with Gasteiger partial charge in [-0.05, 0) is 28.7 Å². The molecule has 2 aromatic rings. The highest BCUT2D eigenvalue weighted by Gasteiger charge is 2.15. The van der Waals surface area contributed by atoms with Crippen LogP contribution in [0.3, 0.4) is 0 Å². The van der Waals surface area contributed by atoms with Gasteiger partial charge in [-0.2, -0.15) is 0 Å². The lowest BCUT2D eigenvalue weighted by Crippen LogP contribution is -2.16. The molecule has 20 heavy (non-hydrogen) atoms. The van der Waals surface area contributed by atoms with Crippen molar-refractivity contribution in [2.75, 3.05) is 11.9 Å². The number of anilines is 1. The molecule has 0 heterocycles. The molecular formula is C18H23NO. The second-order valence-electron chi connectivity index (χ2n) is 6.12. The Morgan fingerprint density at radius 3 is 2.05 bits per heavy atom. The zero-order valence-corrected chi connectivity index (χ0v) is 12.4. The number of nitrogens with one attached hydrogen (secondary N) is 1. The molecule has 2 nitrogen and oxygen atoms in total. The van der Waals surface area contributed by atoms with Gasteiger partial charge >= 0.3 is 0 Å². The van der Waals surface area contributed by atoms with Gasteiger partial charge in [-0.25, -0.2) is 0 Å². The molecule has 0 radical (unpaired) electrons. The van der Waals surface area contributed by atoms with E-state index >= 15 is 0 Å². The fraction of sp³-hybridized carbons (Fsp3) is 0.333. The van der Waals surface area contributed by atoms with Crippen LogP contribution < -0.4 is 5.32 Å². The third kappa shape index (κ3) is 3.61. The highest BCUT2D eigenvalue weighted by atomic mass is 16.3. The normalized spacial score (nSPS) is 13.0. The Bertz CT molecular complexity index is 526. The quantitative estimate of drug-likeness (QED) is 0.874. The standard InChI is InChI=1S/C18H23NO/c1-18(2,3)15-11-9-14(10-12-15)17(13-20)19-16-7-5-4-6-8-16/h4-12,17,19-20H,13H2,1-3H3. The minimum absolute atomic E-state index is 0.0732. The lowest BCUT2D eigenvalue weighted by molar-refractivity contribution is 0.276. The molecule has 0 saturated carbocycles. The maximum absolute atomic E-state index is 9.61. The van der Waals surface area contributed by atoms with Crippen LogP contribution >= 0.6 is 0 Å². The third-order valence-corrected chi connectivity index (χ3v) is 3.48. The van der Waals surface area contributed by atoms with Gasteiger partial charge in [0, 0.05) is 5.69 Å². The van der Waals surface area contributed by atoms with Crippen molar-refractivity contribution in [1.29, 1.82) is 0 Å². The third-order valence-electron chi connectivity index (χ3n) is 3.48. The van der Waals surface area contributed by atoms with Crippen molar-refractivity contribution in [3.63, 3.8) is 0 Å². The van der Waals surface area contributed by atoms with Crippen LogP contribution in [-0.4, -0.2) is 11.7 Å². The topological polar surface area (TPSA) is 32.3 Å². The lowest BCUT2D eigenvalue weighted by atomic mass is 9.86. The molecular weight excluding hydrogens is 246 g/mol. The molecule has 1 unspecified atom stereocenters. The van der Waals surface area contributed by atoms with Crippen molar-refractivity contribution in [1.82, 2.24) is 0 Å². The Labute approximate surface area is 121 Å². The van der Waals surface area contributed by atoms with E-state index in [0.717, 1.165) is 11.3 Å². The summed E-state index contributed by atoms with van der Waals surface area (Å²) in [7, 11) is 0. The summed E-state index contributed by atoms with van der Waals surface area (Å²) in [6.07, 6.45) is 0. The fourth-order valence-electron chi connectivity index (χ4n) is 2.19. The first-order valence-corrected chi connectivity index (χ1v) is 7.03. The van der Waals surface area contributed by atoms with Gasteiger partial charge in [-0.3, -0.25) is 0 Å². The maximum atomic E-state index is 9.61. The van der Waals surface area contributed by atoms with Crippen molar-refractivity contribution in [3.8, 4) is 0 Å². The highest BCUT2D eigenvalue weighted by Crippen LogP contribution is 2.25. The van der Waals surface area contributed by atoms with E-state index in [0.29, 0.717) is 0 Å². The zero-order chi connectivity index (χ0) is 14.6. The van der Waals surface area contributed by atoms with Crippen LogP contribution in [-0.2, 0) is 5.41 Å². The average molecular weight is 269 g/mol. The second kappa shape index (κ2) is 6.10. The summed E-state index contributed by atoms with van der Waals surface area (Å²) in [5, 5.41) is 13.0. The van der Waals surface area contributed by atoms with Crippen LogP contribution in [0.4, 0.5) is 5.69 Å². The minimum Gasteiger partial charge on any atom is -0.394 e. The molecule has 106 valence electrons. The van der Waals surface area contributed by atoms with E-state index in [1.165, 1.54) is 5.56 Å². The van der Waals surface area contributed by atoms with Gasteiger partial charge in [-0.1, -0.05) is 63.2 Å². The van der Waals surface area contributed by atoms with Crippen molar-refractivity contribution in [2.45, 2.75) is 32.2 Å². The van der Waals surface area contributed by atoms with Crippen LogP contribution in [0, 0.1) is 0 Å². The summed E-state index contributed by atoms with van der Waals surface area (Å²) in [6.45, 7) is 6.68. The molecule has 2 rings (SSSR count). The minimum atomic E-state index is -0.0774. The molecule has 0 aromatic heterocycles. The van der Waals surface area contributed by atoms with E-state index in [1.807, 2.05) is 30.3 Å². The summed E-state index contributed by atoms with van der Waals surface area (Å²) in [5.41, 5.74) is 3.58. The van der Waals surface area contributed by atoms with Gasteiger partial charge in [0.25, 0.3) is 0 Å². The van der Waals surface area contributed by atoms with Crippen LogP contribution in [0.5, 0.6) is 0 Å². The van der Waals surface area contributed by atoms with Crippen LogP contribution in [0.25, 0.3) is 0 Å². The van der Waals surface area contributed by atoms with Gasteiger partial charge in [0.1, 0.15) is 0 Å². The van der Waals surface area contributed by atoms with Crippen molar-refractivity contribution in [2.24, 2.45) is 0 Å². The van der Waals surface area contributed by atoms with Crippen molar-refractivity contribution in [3.05, 3.63) is 65.7 Å². The second-order valence-corrected chi connectivity index (χ2v) is 6.12. The zero-order valence-electron chi connectivity index (χ0n) is 12.4. The molecule has 0 bridgehead atoms. The molecule has 0 spiro atoms. The highest BCUT2D eigenvalue weighted by molar-refractivity contribution is 5.45. The van der Waals surface area contributed by atoms with Gasteiger partial charge in [0.2, 0.25) is 0 Å². The van der Waals surface area contributed by atoms with Crippen molar-refractivity contribution < 1.29 is 5.11 Å². The Balaban J connectivity index is 2.16. The number of benzene rings is 2. The summed E-state index contributed by atoms with van der Waals surface area (Å²) in [5.74, 6) is 0. The first kappa shape index (κ1) is 14.6. The molecule has 2 heteroatoms. The largest absolute Gasteiger partial charge is 0.394 e. The SMILES string of the molecule is CC(C)(C)c1ccc(C(CO)Nc2ccccc2)cc1. The molecule has 0 fully saturated rings. The van der Waals surface area contributed by atoms with E-state index in [4.69, 9.17) is 0 Å². The molecule has 0 amide bonds. The molecule has 2 aromatic carbocycles. The molecule has 0 aliphatic rings. The molecule has 0 saturated heterocycles. The van der Waals surface area contributed by atoms with E-state index in [2.05, 4.69) is 50.4 Å². The Morgan fingerprint density at radius 2 is 1.55 bits per heavy atom. The lowest BCUT2D eigenvalue weighted by Gasteiger charge is -2.22. The Hall–Kier alpha value is -1.80. The first-order chi connectivity index (χ1) is 9.50. The summed E-state index contributed by atoms with van der Waals surface area (Å²) in [6, 6.07) is 18.4. The Kier molecular flexibility index (Phi) is 4.46. The average Bonchev–Trinajstić information content (AvgIpc) is 2.45. The number of aliphatic hydroxyl groups is 1. The van der Waals surface area contributed by atoms with Crippen molar-refractivity contribution >= 4 is 5.69 Å². The smallest absolute Gasteiger partial charge is 0.0745 e. The number of rotatable bonds is 4. The molecule has 2 N–H and O–H groups in total. The number of aliphatic hydroxyl groups excluding tert-OH is 1. The van der Waals surface area contributed by atoms with Crippen LogP contribution in [0.15, 0.2) is 54.6 Å². The molecule has 0 aliphatic carbocycles. The monoisotopic (exact) mass is 269 g/mol. The van der Waals surface area contributed by atoms with E-state index in [1.54, 1.807) is 0 Å².